The number of nitrogen functional groups attached to an aromatic ring is 1. The van der Waals surface area contributed by atoms with Crippen LogP contribution in [0.2, 0.25) is 5.02 Å². The second-order valence-electron chi connectivity index (χ2n) is 4.38. The summed E-state index contributed by atoms with van der Waals surface area (Å²) in [4.78, 5) is -0.588. The minimum absolute atomic E-state index is 0.0642. The minimum Gasteiger partial charge on any atom is -0.399 e. The lowest BCUT2D eigenvalue weighted by Crippen LogP contribution is -2.16. The first-order valence-corrected chi connectivity index (χ1v) is 8.39. The van der Waals surface area contributed by atoms with E-state index in [1.807, 2.05) is 0 Å². The van der Waals surface area contributed by atoms with Gasteiger partial charge in [-0.25, -0.2) is 12.8 Å². The molecule has 0 aliphatic heterocycles. The minimum atomic E-state index is -4.13. The van der Waals surface area contributed by atoms with E-state index in [0.29, 0.717) is 11.3 Å². The first-order chi connectivity index (χ1) is 9.70. The van der Waals surface area contributed by atoms with Gasteiger partial charge in [0, 0.05) is 10.2 Å². The first kappa shape index (κ1) is 16.1. The van der Waals surface area contributed by atoms with E-state index < -0.39 is 20.7 Å². The van der Waals surface area contributed by atoms with Crippen LogP contribution < -0.4 is 10.5 Å². The second-order valence-corrected chi connectivity index (χ2v) is 7.35. The summed E-state index contributed by atoms with van der Waals surface area (Å²) in [7, 11) is -4.13. The molecule has 0 bridgehead atoms. The van der Waals surface area contributed by atoms with Crippen molar-refractivity contribution in [2.75, 3.05) is 10.5 Å². The molecule has 0 aliphatic carbocycles. The zero-order chi connectivity index (χ0) is 15.8. The highest BCUT2D eigenvalue weighted by Crippen LogP contribution is 2.28. The number of nitrogens with two attached hydrogens (primary N) is 1. The SMILES string of the molecule is Cc1cc(Br)ccc1NS(=O)(=O)c1cc(N)cc(Cl)c1F. The van der Waals surface area contributed by atoms with Gasteiger partial charge in [0.15, 0.2) is 5.82 Å². The molecule has 112 valence electrons. The van der Waals surface area contributed by atoms with Crippen LogP contribution in [0.25, 0.3) is 0 Å². The quantitative estimate of drug-likeness (QED) is 0.776. The number of hydrogen-bond donors (Lipinski definition) is 2. The molecule has 0 saturated heterocycles. The lowest BCUT2D eigenvalue weighted by molar-refractivity contribution is 0.571. The summed E-state index contributed by atoms with van der Waals surface area (Å²) < 4.78 is 41.6. The van der Waals surface area contributed by atoms with Crippen LogP contribution >= 0.6 is 27.5 Å². The molecule has 0 fully saturated rings. The summed E-state index contributed by atoms with van der Waals surface area (Å²) >= 11 is 8.91. The molecule has 4 nitrogen and oxygen atoms in total. The van der Waals surface area contributed by atoms with Gasteiger partial charge in [0.1, 0.15) is 4.90 Å². The molecule has 21 heavy (non-hydrogen) atoms. The van der Waals surface area contributed by atoms with Gasteiger partial charge in [-0.1, -0.05) is 27.5 Å². The Morgan fingerprint density at radius 1 is 1.29 bits per heavy atom. The summed E-state index contributed by atoms with van der Waals surface area (Å²) in [6.07, 6.45) is 0. The summed E-state index contributed by atoms with van der Waals surface area (Å²) in [5, 5.41) is -0.345. The van der Waals surface area contributed by atoms with E-state index >= 15 is 0 Å². The molecular formula is C13H11BrClFN2O2S. The van der Waals surface area contributed by atoms with E-state index in [4.69, 9.17) is 17.3 Å². The normalized spacial score (nSPS) is 11.4. The van der Waals surface area contributed by atoms with E-state index in [2.05, 4.69) is 20.7 Å². The molecule has 3 N–H and O–H groups in total. The Bertz CT molecular complexity index is 812. The number of benzene rings is 2. The van der Waals surface area contributed by atoms with E-state index in [-0.39, 0.29) is 10.7 Å². The molecule has 0 unspecified atom stereocenters. The maximum atomic E-state index is 13.9. The number of sulfonamides is 1. The Balaban J connectivity index is 2.48. The van der Waals surface area contributed by atoms with Crippen molar-refractivity contribution < 1.29 is 12.8 Å². The monoisotopic (exact) mass is 392 g/mol. The van der Waals surface area contributed by atoms with E-state index in [0.717, 1.165) is 16.6 Å². The molecule has 0 saturated carbocycles. The number of aryl methyl sites for hydroxylation is 1. The van der Waals surface area contributed by atoms with Crippen molar-refractivity contribution in [2.24, 2.45) is 0 Å². The van der Waals surface area contributed by atoms with Crippen LogP contribution in [-0.2, 0) is 10.0 Å². The lowest BCUT2D eigenvalue weighted by atomic mass is 10.2. The van der Waals surface area contributed by atoms with Crippen LogP contribution in [0.1, 0.15) is 5.56 Å². The standard InChI is InChI=1S/C13H11BrClFN2O2S/c1-7-4-8(14)2-3-11(7)18-21(19,20)12-6-9(17)5-10(15)13(12)16/h2-6,18H,17H2,1H3. The van der Waals surface area contributed by atoms with Crippen LogP contribution in [0, 0.1) is 12.7 Å². The van der Waals surface area contributed by atoms with Crippen molar-refractivity contribution in [1.82, 2.24) is 0 Å². The molecule has 8 heteroatoms. The average molecular weight is 394 g/mol. The summed E-state index contributed by atoms with van der Waals surface area (Å²) in [6.45, 7) is 1.73. The molecule has 0 heterocycles. The fraction of sp³-hybridized carbons (Fsp3) is 0.0769. The maximum absolute atomic E-state index is 13.9. The number of anilines is 2. The topological polar surface area (TPSA) is 72.2 Å². The third-order valence-electron chi connectivity index (χ3n) is 2.74. The molecule has 2 aromatic carbocycles. The predicted molar refractivity (Wildman–Crippen MR) is 85.5 cm³/mol. The number of halogens is 3. The van der Waals surface area contributed by atoms with E-state index in [1.165, 1.54) is 0 Å². The summed E-state index contributed by atoms with van der Waals surface area (Å²) in [6, 6.07) is 7.16. The highest BCUT2D eigenvalue weighted by atomic mass is 79.9. The third kappa shape index (κ3) is 3.48. The van der Waals surface area contributed by atoms with Crippen molar-refractivity contribution >= 4 is 48.9 Å². The van der Waals surface area contributed by atoms with Gasteiger partial charge >= 0.3 is 0 Å². The van der Waals surface area contributed by atoms with Crippen LogP contribution in [0.15, 0.2) is 39.7 Å². The van der Waals surface area contributed by atoms with Crippen LogP contribution in [0.4, 0.5) is 15.8 Å². The summed E-state index contributed by atoms with van der Waals surface area (Å²) in [5.74, 6) is -1.03. The van der Waals surface area contributed by atoms with Gasteiger partial charge in [0.25, 0.3) is 10.0 Å². The van der Waals surface area contributed by atoms with Gasteiger partial charge in [0.05, 0.1) is 10.7 Å². The van der Waals surface area contributed by atoms with Crippen molar-refractivity contribution in [3.8, 4) is 0 Å². The highest BCUT2D eigenvalue weighted by Gasteiger charge is 2.22. The smallest absolute Gasteiger partial charge is 0.264 e. The average Bonchev–Trinajstić information content (AvgIpc) is 2.37. The Hall–Kier alpha value is -1.31. The zero-order valence-electron chi connectivity index (χ0n) is 10.8. The second kappa shape index (κ2) is 5.82. The predicted octanol–water partition coefficient (Wildman–Crippen LogP) is 3.93. The van der Waals surface area contributed by atoms with Gasteiger partial charge in [-0.2, -0.15) is 0 Å². The molecule has 0 spiro atoms. The van der Waals surface area contributed by atoms with Gasteiger partial charge in [-0.15, -0.1) is 0 Å². The van der Waals surface area contributed by atoms with E-state index in [9.17, 15) is 12.8 Å². The molecule has 2 rings (SSSR count). The zero-order valence-corrected chi connectivity index (χ0v) is 14.0. The Labute approximate surface area is 135 Å². The molecule has 0 amide bonds. The Kier molecular flexibility index (Phi) is 4.46. The highest BCUT2D eigenvalue weighted by molar-refractivity contribution is 9.10. The van der Waals surface area contributed by atoms with Crippen molar-refractivity contribution in [2.45, 2.75) is 11.8 Å². The number of hydrogen-bond acceptors (Lipinski definition) is 3. The molecular weight excluding hydrogens is 383 g/mol. The number of rotatable bonds is 3. The van der Waals surface area contributed by atoms with Gasteiger partial charge in [0.2, 0.25) is 0 Å². The van der Waals surface area contributed by atoms with Gasteiger partial charge in [-0.3, -0.25) is 4.72 Å². The summed E-state index contributed by atoms with van der Waals surface area (Å²) in [5.41, 5.74) is 6.61. The fourth-order valence-corrected chi connectivity index (χ4v) is 3.75. The Morgan fingerprint density at radius 3 is 2.57 bits per heavy atom. The van der Waals surface area contributed by atoms with Crippen LogP contribution in [0.5, 0.6) is 0 Å². The van der Waals surface area contributed by atoms with E-state index in [1.54, 1.807) is 25.1 Å². The van der Waals surface area contributed by atoms with Crippen molar-refractivity contribution in [1.29, 1.82) is 0 Å². The molecule has 0 aromatic heterocycles. The lowest BCUT2D eigenvalue weighted by Gasteiger charge is -2.12. The molecule has 0 radical (unpaired) electrons. The van der Waals surface area contributed by atoms with Gasteiger partial charge in [-0.05, 0) is 42.8 Å². The van der Waals surface area contributed by atoms with Crippen LogP contribution in [-0.4, -0.2) is 8.42 Å². The first-order valence-electron chi connectivity index (χ1n) is 5.74. The number of nitrogens with one attached hydrogen (secondary N) is 1. The molecule has 0 aliphatic rings. The third-order valence-corrected chi connectivity index (χ3v) is 4.87. The Morgan fingerprint density at radius 2 is 1.95 bits per heavy atom. The maximum Gasteiger partial charge on any atom is 0.264 e. The largest absolute Gasteiger partial charge is 0.399 e. The van der Waals surface area contributed by atoms with Gasteiger partial charge < -0.3 is 5.73 Å². The van der Waals surface area contributed by atoms with Crippen LogP contribution in [0.3, 0.4) is 0 Å². The van der Waals surface area contributed by atoms with Crippen molar-refractivity contribution in [3.63, 3.8) is 0 Å². The molecule has 2 aromatic rings. The molecule has 0 atom stereocenters. The fourth-order valence-electron chi connectivity index (χ4n) is 1.72. The van der Waals surface area contributed by atoms with Crippen molar-refractivity contribution in [3.05, 3.63) is 51.2 Å².